The van der Waals surface area contributed by atoms with Gasteiger partial charge < -0.3 is 15.4 Å². The Kier molecular flexibility index (Phi) is 3.32. The van der Waals surface area contributed by atoms with E-state index in [2.05, 4.69) is 10.9 Å². The van der Waals surface area contributed by atoms with Crippen molar-refractivity contribution in [3.8, 4) is 40.5 Å². The molecular formula is C18H15N3O. The Morgan fingerprint density at radius 1 is 1.23 bits per heavy atom. The number of terminal acetylenes is 1. The number of rotatable bonds is 2. The summed E-state index contributed by atoms with van der Waals surface area (Å²) >= 11 is 0. The van der Waals surface area contributed by atoms with Gasteiger partial charge in [-0.15, -0.1) is 6.42 Å². The highest BCUT2D eigenvalue weighted by Gasteiger charge is 2.13. The predicted octanol–water partition coefficient (Wildman–Crippen LogP) is 3.02. The summed E-state index contributed by atoms with van der Waals surface area (Å²) in [5.41, 5.74) is 9.85. The van der Waals surface area contributed by atoms with Crippen LogP contribution in [0.15, 0.2) is 48.8 Å². The fourth-order valence-corrected chi connectivity index (χ4v) is 2.42. The molecule has 0 aliphatic rings. The van der Waals surface area contributed by atoms with Crippen LogP contribution in [-0.2, 0) is 7.05 Å². The number of aromatic hydroxyl groups is 1. The van der Waals surface area contributed by atoms with Gasteiger partial charge in [0, 0.05) is 30.6 Å². The topological polar surface area (TPSA) is 64.1 Å². The fraction of sp³-hybridized carbons (Fsp3) is 0.0556. The zero-order chi connectivity index (χ0) is 15.7. The molecule has 0 spiro atoms. The lowest BCUT2D eigenvalue weighted by Gasteiger charge is -2.10. The molecule has 0 fully saturated rings. The average molecular weight is 289 g/mol. The number of aromatic nitrogens is 2. The van der Waals surface area contributed by atoms with Gasteiger partial charge in [0.15, 0.2) is 0 Å². The van der Waals surface area contributed by atoms with Crippen molar-refractivity contribution in [3.63, 3.8) is 0 Å². The number of hydrogen-bond donors (Lipinski definition) is 2. The van der Waals surface area contributed by atoms with Crippen LogP contribution < -0.4 is 5.73 Å². The van der Waals surface area contributed by atoms with E-state index in [1.165, 1.54) is 0 Å². The van der Waals surface area contributed by atoms with Crippen LogP contribution in [-0.4, -0.2) is 14.7 Å². The van der Waals surface area contributed by atoms with Gasteiger partial charge in [-0.25, -0.2) is 4.98 Å². The summed E-state index contributed by atoms with van der Waals surface area (Å²) in [6.07, 6.45) is 9.49. The molecule has 1 aromatic carbocycles. The molecular weight excluding hydrogens is 274 g/mol. The van der Waals surface area contributed by atoms with Crippen LogP contribution in [0.1, 0.15) is 5.56 Å². The molecule has 3 rings (SSSR count). The van der Waals surface area contributed by atoms with Crippen molar-refractivity contribution in [2.24, 2.45) is 7.05 Å². The SMILES string of the molecule is C#Cc1c(-c2cccc(O)c2)cc(-c2ccn(C)c2)nc1N. The Bertz CT molecular complexity index is 888. The zero-order valence-electron chi connectivity index (χ0n) is 12.1. The van der Waals surface area contributed by atoms with Crippen molar-refractivity contribution in [3.05, 3.63) is 54.4 Å². The first-order valence-electron chi connectivity index (χ1n) is 6.77. The minimum atomic E-state index is 0.178. The number of phenolic OH excluding ortho intramolecular Hbond substituents is 1. The Balaban J connectivity index is 2.24. The highest BCUT2D eigenvalue weighted by Crippen LogP contribution is 2.32. The first-order chi connectivity index (χ1) is 10.6. The highest BCUT2D eigenvalue weighted by molar-refractivity contribution is 5.80. The molecule has 3 N–H and O–H groups in total. The first-order valence-corrected chi connectivity index (χ1v) is 6.77. The highest BCUT2D eigenvalue weighted by atomic mass is 16.3. The van der Waals surface area contributed by atoms with Crippen LogP contribution in [0, 0.1) is 12.3 Å². The van der Waals surface area contributed by atoms with E-state index in [-0.39, 0.29) is 5.75 Å². The number of nitrogens with zero attached hydrogens (tertiary/aromatic N) is 2. The lowest BCUT2D eigenvalue weighted by Crippen LogP contribution is -1.99. The average Bonchev–Trinajstić information content (AvgIpc) is 2.93. The maximum atomic E-state index is 9.70. The summed E-state index contributed by atoms with van der Waals surface area (Å²) in [5, 5.41) is 9.70. The second-order valence-corrected chi connectivity index (χ2v) is 5.08. The van der Waals surface area contributed by atoms with Gasteiger partial charge in [-0.3, -0.25) is 0 Å². The maximum Gasteiger partial charge on any atom is 0.140 e. The summed E-state index contributed by atoms with van der Waals surface area (Å²) in [6, 6.07) is 10.8. The van der Waals surface area contributed by atoms with Crippen molar-refractivity contribution < 1.29 is 5.11 Å². The van der Waals surface area contributed by atoms with E-state index in [0.29, 0.717) is 11.4 Å². The van der Waals surface area contributed by atoms with Crippen LogP contribution in [0.25, 0.3) is 22.4 Å². The molecule has 3 aromatic rings. The molecule has 2 heterocycles. The van der Waals surface area contributed by atoms with Crippen molar-refractivity contribution in [1.82, 2.24) is 9.55 Å². The number of hydrogen-bond acceptors (Lipinski definition) is 3. The molecule has 0 unspecified atom stereocenters. The van der Waals surface area contributed by atoms with Crippen LogP contribution in [0.4, 0.5) is 5.82 Å². The van der Waals surface area contributed by atoms with Crippen LogP contribution in [0.3, 0.4) is 0 Å². The molecule has 2 aromatic heterocycles. The van der Waals surface area contributed by atoms with E-state index in [1.807, 2.05) is 42.2 Å². The third-order valence-electron chi connectivity index (χ3n) is 3.48. The molecule has 0 aliphatic carbocycles. The fourth-order valence-electron chi connectivity index (χ4n) is 2.42. The van der Waals surface area contributed by atoms with E-state index in [0.717, 1.165) is 22.4 Å². The third-order valence-corrected chi connectivity index (χ3v) is 3.48. The monoisotopic (exact) mass is 289 g/mol. The molecule has 108 valence electrons. The van der Waals surface area contributed by atoms with Crippen LogP contribution in [0.5, 0.6) is 5.75 Å². The molecule has 4 nitrogen and oxygen atoms in total. The largest absolute Gasteiger partial charge is 0.508 e. The Morgan fingerprint density at radius 2 is 2.05 bits per heavy atom. The molecule has 4 heteroatoms. The number of pyridine rings is 1. The van der Waals surface area contributed by atoms with Crippen molar-refractivity contribution in [1.29, 1.82) is 0 Å². The van der Waals surface area contributed by atoms with Gasteiger partial charge >= 0.3 is 0 Å². The summed E-state index contributed by atoms with van der Waals surface area (Å²) in [5.74, 6) is 3.08. The molecule has 0 saturated heterocycles. The minimum Gasteiger partial charge on any atom is -0.508 e. The van der Waals surface area contributed by atoms with E-state index in [4.69, 9.17) is 12.2 Å². The molecule has 0 aliphatic heterocycles. The number of nitrogen functional groups attached to an aromatic ring is 1. The molecule has 0 saturated carbocycles. The standard InChI is InChI=1S/C18H15N3O/c1-3-15-16(12-5-4-6-14(22)9-12)10-17(20-18(15)19)13-7-8-21(2)11-13/h1,4-11,22H,2H3,(H2,19,20). The summed E-state index contributed by atoms with van der Waals surface area (Å²) in [4.78, 5) is 4.40. The first kappa shape index (κ1) is 13.8. The Hall–Kier alpha value is -3.19. The van der Waals surface area contributed by atoms with Crippen molar-refractivity contribution in [2.45, 2.75) is 0 Å². The van der Waals surface area contributed by atoms with Gasteiger partial charge in [0.1, 0.15) is 11.6 Å². The lowest BCUT2D eigenvalue weighted by atomic mass is 9.98. The normalized spacial score (nSPS) is 10.4. The second kappa shape index (κ2) is 5.30. The number of anilines is 1. The van der Waals surface area contributed by atoms with E-state index >= 15 is 0 Å². The van der Waals surface area contributed by atoms with E-state index in [9.17, 15) is 5.11 Å². The lowest BCUT2D eigenvalue weighted by molar-refractivity contribution is 0.475. The van der Waals surface area contributed by atoms with Crippen LogP contribution >= 0.6 is 0 Å². The van der Waals surface area contributed by atoms with Gasteiger partial charge in [-0.05, 0) is 29.8 Å². The number of benzene rings is 1. The molecule has 0 radical (unpaired) electrons. The van der Waals surface area contributed by atoms with Gasteiger partial charge in [-0.1, -0.05) is 18.1 Å². The zero-order valence-corrected chi connectivity index (χ0v) is 12.1. The maximum absolute atomic E-state index is 9.70. The third kappa shape index (κ3) is 2.40. The number of aryl methyl sites for hydroxylation is 1. The van der Waals surface area contributed by atoms with Gasteiger partial charge in [0.05, 0.1) is 11.3 Å². The molecule has 0 bridgehead atoms. The predicted molar refractivity (Wildman–Crippen MR) is 88.1 cm³/mol. The van der Waals surface area contributed by atoms with E-state index in [1.54, 1.807) is 18.2 Å². The Labute approximate surface area is 128 Å². The summed E-state index contributed by atoms with van der Waals surface area (Å²) in [6.45, 7) is 0. The molecule has 0 atom stereocenters. The molecule has 0 amide bonds. The van der Waals surface area contributed by atoms with Gasteiger partial charge in [0.2, 0.25) is 0 Å². The smallest absolute Gasteiger partial charge is 0.140 e. The van der Waals surface area contributed by atoms with Crippen molar-refractivity contribution >= 4 is 5.82 Å². The molecule has 22 heavy (non-hydrogen) atoms. The summed E-state index contributed by atoms with van der Waals surface area (Å²) in [7, 11) is 1.94. The number of phenols is 1. The number of nitrogens with two attached hydrogens (primary N) is 1. The Morgan fingerprint density at radius 3 is 2.68 bits per heavy atom. The quantitative estimate of drug-likeness (QED) is 0.713. The van der Waals surface area contributed by atoms with Gasteiger partial charge in [-0.2, -0.15) is 0 Å². The van der Waals surface area contributed by atoms with Crippen molar-refractivity contribution in [2.75, 3.05) is 5.73 Å². The van der Waals surface area contributed by atoms with Gasteiger partial charge in [0.25, 0.3) is 0 Å². The minimum absolute atomic E-state index is 0.178. The summed E-state index contributed by atoms with van der Waals surface area (Å²) < 4.78 is 1.94. The van der Waals surface area contributed by atoms with E-state index < -0.39 is 0 Å². The second-order valence-electron chi connectivity index (χ2n) is 5.08. The van der Waals surface area contributed by atoms with Crippen LogP contribution in [0.2, 0.25) is 0 Å².